The number of fused-ring (bicyclic) bond motifs is 1. The number of aryl methyl sites for hydroxylation is 1. The van der Waals surface area contributed by atoms with E-state index in [2.05, 4.69) is 0 Å². The van der Waals surface area contributed by atoms with Crippen LogP contribution in [0.1, 0.15) is 25.3 Å². The van der Waals surface area contributed by atoms with E-state index in [4.69, 9.17) is 0 Å². The molecule has 0 saturated carbocycles. The Morgan fingerprint density at radius 1 is 1.32 bits per heavy atom. The number of rotatable bonds is 4. The van der Waals surface area contributed by atoms with Crippen molar-refractivity contribution >= 4 is 64.0 Å². The number of hydrogen-bond donors (Lipinski definition) is 1. The van der Waals surface area contributed by atoms with Gasteiger partial charge in [-0.1, -0.05) is 30.0 Å². The van der Waals surface area contributed by atoms with Crippen molar-refractivity contribution < 1.29 is 19.5 Å². The van der Waals surface area contributed by atoms with Crippen molar-refractivity contribution in [3.8, 4) is 0 Å². The predicted octanol–water partition coefficient (Wildman–Crippen LogP) is 1.71. The molecule has 5 nitrogen and oxygen atoms in total. The summed E-state index contributed by atoms with van der Waals surface area (Å²) in [5.74, 6) is -0.862. The van der Waals surface area contributed by atoms with Crippen LogP contribution in [0.3, 0.4) is 0 Å². The molecule has 22 heavy (non-hydrogen) atoms. The van der Waals surface area contributed by atoms with Crippen LogP contribution in [0.5, 0.6) is 0 Å². The van der Waals surface area contributed by atoms with Crippen molar-refractivity contribution in [2.45, 2.75) is 32.2 Å². The molecule has 1 aliphatic rings. The Morgan fingerprint density at radius 2 is 2.00 bits per heavy atom. The quantitative estimate of drug-likeness (QED) is 0.851. The maximum absolute atomic E-state index is 12.4. The molecular weight excluding hydrogens is 313 g/mol. The maximum atomic E-state index is 12.4. The zero-order chi connectivity index (χ0) is 15.4. The first kappa shape index (κ1) is 19.2. The van der Waals surface area contributed by atoms with Crippen LogP contribution < -0.4 is 4.90 Å². The smallest absolute Gasteiger partial charge is 0.326 e. The van der Waals surface area contributed by atoms with E-state index in [-0.39, 0.29) is 47.0 Å². The zero-order valence-corrected chi connectivity index (χ0v) is 15.6. The molecule has 0 aliphatic carbocycles. The second-order valence-corrected chi connectivity index (χ2v) is 6.15. The van der Waals surface area contributed by atoms with Gasteiger partial charge in [-0.15, -0.1) is 0 Å². The average molecular weight is 330 g/mol. The fourth-order valence-electron chi connectivity index (χ4n) is 2.49. The van der Waals surface area contributed by atoms with Crippen LogP contribution in [0, 0.1) is 0 Å². The summed E-state index contributed by atoms with van der Waals surface area (Å²) >= 11 is 1.08. The fourth-order valence-corrected chi connectivity index (χ4v) is 3.06. The van der Waals surface area contributed by atoms with E-state index >= 15 is 0 Å². The van der Waals surface area contributed by atoms with Gasteiger partial charge in [-0.2, -0.15) is 0 Å². The van der Waals surface area contributed by atoms with Gasteiger partial charge in [0, 0.05) is 54.3 Å². The van der Waals surface area contributed by atoms with Gasteiger partial charge in [-0.25, -0.2) is 4.79 Å². The Labute approximate surface area is 155 Å². The predicted molar refractivity (Wildman–Crippen MR) is 87.2 cm³/mol. The Balaban J connectivity index is 0.00000242. The Morgan fingerprint density at radius 3 is 2.64 bits per heavy atom. The third-order valence-corrected chi connectivity index (χ3v) is 4.24. The molecule has 1 atom stereocenters. The number of carboxylic acids is 1. The van der Waals surface area contributed by atoms with Gasteiger partial charge in [-0.3, -0.25) is 14.5 Å². The number of nitrogens with zero attached hydrogens (tertiary/aromatic N) is 1. The molecule has 1 heterocycles. The second kappa shape index (κ2) is 8.72. The summed E-state index contributed by atoms with van der Waals surface area (Å²) in [5, 5.41) is 9.30. The largest absolute Gasteiger partial charge is 0.480 e. The number of amides is 1. The molecule has 0 saturated heterocycles. The Hall–Kier alpha value is -0.820. The van der Waals surface area contributed by atoms with E-state index in [0.29, 0.717) is 24.3 Å². The molecular formula is C15H17NNaO4S. The number of aliphatic carboxylic acids is 1. The summed E-state index contributed by atoms with van der Waals surface area (Å²) in [4.78, 5) is 36.1. The molecule has 0 unspecified atom stereocenters. The summed E-state index contributed by atoms with van der Waals surface area (Å²) in [5.41, 5.74) is 1.66. The molecule has 1 aromatic carbocycles. The first-order valence-corrected chi connectivity index (χ1v) is 7.75. The SMILES string of the molecule is CC(=O)SCCC(=O)N1c2ccccc2CC[C@H]1C(=O)O.[Na]. The van der Waals surface area contributed by atoms with Crippen LogP contribution in [0.15, 0.2) is 24.3 Å². The van der Waals surface area contributed by atoms with Crippen molar-refractivity contribution in [1.82, 2.24) is 0 Å². The van der Waals surface area contributed by atoms with E-state index in [1.54, 1.807) is 12.1 Å². The van der Waals surface area contributed by atoms with Crippen LogP contribution in [-0.4, -0.2) is 63.5 Å². The zero-order valence-electron chi connectivity index (χ0n) is 12.7. The molecule has 0 bridgehead atoms. The van der Waals surface area contributed by atoms with Crippen molar-refractivity contribution in [2.24, 2.45) is 0 Å². The minimum atomic E-state index is -0.989. The normalized spacial score (nSPS) is 16.4. The first-order chi connectivity index (χ1) is 10.0. The summed E-state index contributed by atoms with van der Waals surface area (Å²) in [7, 11) is 0. The number of anilines is 1. The molecule has 0 fully saturated rings. The summed E-state index contributed by atoms with van der Waals surface area (Å²) in [6.07, 6.45) is 1.22. The number of carbonyl (C=O) groups is 3. The van der Waals surface area contributed by atoms with E-state index < -0.39 is 12.0 Å². The number of benzene rings is 1. The van der Waals surface area contributed by atoms with Crippen LogP contribution in [-0.2, 0) is 20.8 Å². The van der Waals surface area contributed by atoms with Crippen LogP contribution in [0.4, 0.5) is 5.69 Å². The third-order valence-electron chi connectivity index (χ3n) is 3.42. The molecule has 1 N–H and O–H groups in total. The van der Waals surface area contributed by atoms with Crippen molar-refractivity contribution in [3.63, 3.8) is 0 Å². The molecule has 2 rings (SSSR count). The molecule has 0 aromatic heterocycles. The van der Waals surface area contributed by atoms with Gasteiger partial charge in [0.1, 0.15) is 6.04 Å². The molecule has 1 amide bonds. The monoisotopic (exact) mass is 330 g/mol. The maximum Gasteiger partial charge on any atom is 0.326 e. The molecule has 1 radical (unpaired) electrons. The number of thioether (sulfide) groups is 1. The topological polar surface area (TPSA) is 74.7 Å². The Kier molecular flexibility index (Phi) is 7.62. The number of para-hydroxylation sites is 1. The average Bonchev–Trinajstić information content (AvgIpc) is 2.45. The van der Waals surface area contributed by atoms with Gasteiger partial charge in [0.2, 0.25) is 5.91 Å². The van der Waals surface area contributed by atoms with E-state index in [9.17, 15) is 19.5 Å². The van der Waals surface area contributed by atoms with Gasteiger partial charge < -0.3 is 5.11 Å². The van der Waals surface area contributed by atoms with Crippen molar-refractivity contribution in [2.75, 3.05) is 10.7 Å². The van der Waals surface area contributed by atoms with Crippen LogP contribution >= 0.6 is 11.8 Å². The fraction of sp³-hybridized carbons (Fsp3) is 0.400. The molecule has 1 aliphatic heterocycles. The van der Waals surface area contributed by atoms with Crippen LogP contribution in [0.2, 0.25) is 0 Å². The van der Waals surface area contributed by atoms with E-state index in [1.165, 1.54) is 11.8 Å². The molecule has 0 spiro atoms. The van der Waals surface area contributed by atoms with E-state index in [0.717, 1.165) is 17.3 Å². The minimum Gasteiger partial charge on any atom is -0.480 e. The number of carboxylic acid groups (broad SMARTS) is 1. The molecule has 7 heteroatoms. The molecule has 113 valence electrons. The summed E-state index contributed by atoms with van der Waals surface area (Å²) in [6.45, 7) is 1.45. The Bertz CT molecular complexity index is 578. The van der Waals surface area contributed by atoms with E-state index in [1.807, 2.05) is 12.1 Å². The van der Waals surface area contributed by atoms with Gasteiger partial charge in [0.05, 0.1) is 0 Å². The standard InChI is InChI=1S/C15H17NO4S.Na/c1-10(17)21-9-8-14(18)16-12-5-3-2-4-11(12)6-7-13(16)15(19)20;/h2-5,13H,6-9H2,1H3,(H,19,20);/t13-;/m0./s1. The van der Waals surface area contributed by atoms with Gasteiger partial charge >= 0.3 is 5.97 Å². The minimum absolute atomic E-state index is 0. The van der Waals surface area contributed by atoms with Gasteiger partial charge in [0.15, 0.2) is 5.12 Å². The van der Waals surface area contributed by atoms with Gasteiger partial charge in [-0.05, 0) is 24.5 Å². The van der Waals surface area contributed by atoms with Crippen molar-refractivity contribution in [3.05, 3.63) is 29.8 Å². The number of carbonyl (C=O) groups excluding carboxylic acids is 2. The number of hydrogen-bond acceptors (Lipinski definition) is 4. The van der Waals surface area contributed by atoms with Crippen molar-refractivity contribution in [1.29, 1.82) is 0 Å². The van der Waals surface area contributed by atoms with Crippen LogP contribution in [0.25, 0.3) is 0 Å². The molecule has 1 aromatic rings. The second-order valence-electron chi connectivity index (χ2n) is 4.88. The first-order valence-electron chi connectivity index (χ1n) is 6.77. The summed E-state index contributed by atoms with van der Waals surface area (Å²) < 4.78 is 0. The van der Waals surface area contributed by atoms with Gasteiger partial charge in [0.25, 0.3) is 0 Å². The summed E-state index contributed by atoms with van der Waals surface area (Å²) in [6, 6.07) is 6.55. The third kappa shape index (κ3) is 4.59.